The summed E-state index contributed by atoms with van der Waals surface area (Å²) in [5.74, 6) is 0.874. The van der Waals surface area contributed by atoms with Gasteiger partial charge in [0.25, 0.3) is 0 Å². The molecule has 0 spiro atoms. The molecule has 0 fully saturated rings. The Balaban J connectivity index is 2.01. The van der Waals surface area contributed by atoms with Gasteiger partial charge in [0.1, 0.15) is 16.8 Å². The predicted molar refractivity (Wildman–Crippen MR) is 93.7 cm³/mol. The molecule has 1 aromatic carbocycles. The van der Waals surface area contributed by atoms with Crippen molar-refractivity contribution in [2.75, 3.05) is 34.2 Å². The summed E-state index contributed by atoms with van der Waals surface area (Å²) < 4.78 is 6.27. The first kappa shape index (κ1) is 15.2. The van der Waals surface area contributed by atoms with Gasteiger partial charge in [-0.1, -0.05) is 18.3 Å². The molecule has 0 saturated heterocycles. The Morgan fingerprint density at radius 2 is 2.18 bits per heavy atom. The van der Waals surface area contributed by atoms with Gasteiger partial charge in [0.2, 0.25) is 0 Å². The molecular formula is C17H21N3OS. The lowest BCUT2D eigenvalue weighted by molar-refractivity contribution is 0.160. The Hall–Kier alpha value is -1.72. The van der Waals surface area contributed by atoms with Crippen LogP contribution in [-0.2, 0) is 0 Å². The first-order valence-electron chi connectivity index (χ1n) is 7.51. The summed E-state index contributed by atoms with van der Waals surface area (Å²) in [7, 11) is 6.20. The van der Waals surface area contributed by atoms with Gasteiger partial charge in [0, 0.05) is 25.2 Å². The fourth-order valence-electron chi connectivity index (χ4n) is 2.80. The highest BCUT2D eigenvalue weighted by Crippen LogP contribution is 2.32. The highest BCUT2D eigenvalue weighted by atomic mass is 32.1. The minimum atomic E-state index is 0.140. The van der Waals surface area contributed by atoms with E-state index in [1.807, 2.05) is 25.2 Å². The second-order valence-electron chi connectivity index (χ2n) is 6.03. The number of hydrogen-bond acceptors (Lipinski definition) is 4. The fraction of sp³-hybridized carbons (Fsp3) is 0.412. The highest BCUT2D eigenvalue weighted by Gasteiger charge is 2.26. The Labute approximate surface area is 136 Å². The molecule has 1 unspecified atom stereocenters. The molecule has 0 aliphatic carbocycles. The maximum atomic E-state index is 6.27. The van der Waals surface area contributed by atoms with Crippen LogP contribution >= 0.6 is 12.2 Å². The van der Waals surface area contributed by atoms with Crippen LogP contribution in [0.2, 0.25) is 0 Å². The number of benzene rings is 1. The molecule has 1 aliphatic rings. The largest absolute Gasteiger partial charge is 0.488 e. The third-order valence-electron chi connectivity index (χ3n) is 3.98. The van der Waals surface area contributed by atoms with Gasteiger partial charge in [-0.25, -0.2) is 0 Å². The van der Waals surface area contributed by atoms with Crippen LogP contribution in [0.5, 0.6) is 5.75 Å². The number of fused-ring (bicyclic) bond motifs is 3. The molecule has 0 bridgehead atoms. The van der Waals surface area contributed by atoms with E-state index in [0.717, 1.165) is 46.7 Å². The summed E-state index contributed by atoms with van der Waals surface area (Å²) in [6.07, 6.45) is 2.92. The number of likely N-dealkylation sites (N-methyl/N-ethyl adjacent to an activating group) is 1. The van der Waals surface area contributed by atoms with Crippen molar-refractivity contribution in [3.05, 3.63) is 36.0 Å². The minimum Gasteiger partial charge on any atom is -0.488 e. The third-order valence-corrected chi connectivity index (χ3v) is 4.49. The van der Waals surface area contributed by atoms with Gasteiger partial charge in [0.05, 0.1) is 17.6 Å². The normalized spacial score (nSPS) is 18.3. The van der Waals surface area contributed by atoms with E-state index in [1.165, 1.54) is 0 Å². The zero-order valence-electron chi connectivity index (χ0n) is 13.2. The predicted octanol–water partition coefficient (Wildman–Crippen LogP) is 2.55. The molecule has 5 heteroatoms. The number of hydrogen-bond donors (Lipinski definition) is 0. The summed E-state index contributed by atoms with van der Waals surface area (Å²) in [5.41, 5.74) is 1.95. The number of rotatable bonds is 3. The van der Waals surface area contributed by atoms with Crippen molar-refractivity contribution in [1.29, 1.82) is 0 Å². The number of nitrogens with zero attached hydrogens (tertiary/aromatic N) is 3. The van der Waals surface area contributed by atoms with Gasteiger partial charge in [-0.3, -0.25) is 4.98 Å². The van der Waals surface area contributed by atoms with Gasteiger partial charge in [-0.15, -0.1) is 0 Å². The van der Waals surface area contributed by atoms with Gasteiger partial charge in [-0.2, -0.15) is 0 Å². The molecule has 1 aromatic heterocycles. The van der Waals surface area contributed by atoms with Crippen molar-refractivity contribution in [1.82, 2.24) is 14.8 Å². The fourth-order valence-corrected chi connectivity index (χ4v) is 3.08. The van der Waals surface area contributed by atoms with Crippen LogP contribution in [0.25, 0.3) is 10.9 Å². The average molecular weight is 315 g/mol. The molecular weight excluding hydrogens is 294 g/mol. The standard InChI is InChI=1S/C17H21N3OS/c1-19(2)10-8-12-11-20(3)17(22)16-13-5-4-9-18-14(13)6-7-15(16)21-12/h4-7,9,12H,8,10-11H2,1-3H3. The summed E-state index contributed by atoms with van der Waals surface area (Å²) in [4.78, 5) is 9.55. The molecule has 0 saturated carbocycles. The average Bonchev–Trinajstić information content (AvgIpc) is 2.63. The second kappa shape index (κ2) is 6.18. The van der Waals surface area contributed by atoms with Crippen LogP contribution in [0, 0.1) is 0 Å². The van der Waals surface area contributed by atoms with E-state index < -0.39 is 0 Å². The summed E-state index contributed by atoms with van der Waals surface area (Å²) >= 11 is 5.69. The second-order valence-corrected chi connectivity index (χ2v) is 6.41. The van der Waals surface area contributed by atoms with Gasteiger partial charge in [-0.05, 0) is 38.7 Å². The minimum absolute atomic E-state index is 0.140. The molecule has 2 heterocycles. The first-order chi connectivity index (χ1) is 10.6. The number of pyridine rings is 1. The Morgan fingerprint density at radius 1 is 1.36 bits per heavy atom. The van der Waals surface area contributed by atoms with Gasteiger partial charge >= 0.3 is 0 Å². The summed E-state index contributed by atoms with van der Waals surface area (Å²) in [6.45, 7) is 1.80. The molecule has 22 heavy (non-hydrogen) atoms. The van der Waals surface area contributed by atoms with Crippen LogP contribution in [0.3, 0.4) is 0 Å². The third kappa shape index (κ3) is 2.91. The molecule has 0 amide bonds. The lowest BCUT2D eigenvalue weighted by Gasteiger charge is -2.23. The molecule has 1 atom stereocenters. The SMILES string of the molecule is CN(C)CCC1CN(C)C(=S)c2c(ccc3ncccc23)O1. The van der Waals surface area contributed by atoms with Crippen molar-refractivity contribution in [3.63, 3.8) is 0 Å². The smallest absolute Gasteiger partial charge is 0.130 e. The van der Waals surface area contributed by atoms with Gasteiger partial charge in [0.15, 0.2) is 0 Å². The molecule has 2 aromatic rings. The van der Waals surface area contributed by atoms with Crippen molar-refractivity contribution in [2.24, 2.45) is 0 Å². The molecule has 0 N–H and O–H groups in total. The maximum absolute atomic E-state index is 6.27. The van der Waals surface area contributed by atoms with E-state index in [0.29, 0.717) is 0 Å². The topological polar surface area (TPSA) is 28.6 Å². The number of ether oxygens (including phenoxy) is 1. The van der Waals surface area contributed by atoms with E-state index in [-0.39, 0.29) is 6.10 Å². The lowest BCUT2D eigenvalue weighted by atomic mass is 10.1. The van der Waals surface area contributed by atoms with E-state index in [9.17, 15) is 0 Å². The summed E-state index contributed by atoms with van der Waals surface area (Å²) in [6, 6.07) is 8.01. The molecule has 0 radical (unpaired) electrons. The van der Waals surface area contributed by atoms with Crippen molar-refractivity contribution >= 4 is 28.1 Å². The zero-order chi connectivity index (χ0) is 15.7. The first-order valence-corrected chi connectivity index (χ1v) is 7.91. The van der Waals surface area contributed by atoms with Crippen molar-refractivity contribution in [2.45, 2.75) is 12.5 Å². The zero-order valence-corrected chi connectivity index (χ0v) is 14.1. The van der Waals surface area contributed by atoms with E-state index in [1.54, 1.807) is 6.20 Å². The lowest BCUT2D eigenvalue weighted by Crippen LogP contribution is -2.35. The van der Waals surface area contributed by atoms with Crippen LogP contribution in [-0.4, -0.2) is 60.1 Å². The van der Waals surface area contributed by atoms with Crippen LogP contribution in [0.4, 0.5) is 0 Å². The number of thiocarbonyl (C=S) groups is 1. The van der Waals surface area contributed by atoms with E-state index in [4.69, 9.17) is 17.0 Å². The Bertz CT molecular complexity index is 701. The molecule has 4 nitrogen and oxygen atoms in total. The van der Waals surface area contributed by atoms with Crippen LogP contribution in [0.1, 0.15) is 12.0 Å². The highest BCUT2D eigenvalue weighted by molar-refractivity contribution is 7.80. The number of aromatic nitrogens is 1. The van der Waals surface area contributed by atoms with Crippen molar-refractivity contribution in [3.8, 4) is 5.75 Å². The van der Waals surface area contributed by atoms with Gasteiger partial charge < -0.3 is 14.5 Å². The molecule has 116 valence electrons. The Morgan fingerprint density at radius 3 is 2.95 bits per heavy atom. The molecule has 1 aliphatic heterocycles. The maximum Gasteiger partial charge on any atom is 0.130 e. The molecule has 3 rings (SSSR count). The Kier molecular flexibility index (Phi) is 4.27. The quantitative estimate of drug-likeness (QED) is 0.812. The van der Waals surface area contributed by atoms with Crippen LogP contribution < -0.4 is 4.74 Å². The monoisotopic (exact) mass is 315 g/mol. The van der Waals surface area contributed by atoms with E-state index >= 15 is 0 Å². The van der Waals surface area contributed by atoms with E-state index in [2.05, 4.69) is 34.9 Å². The van der Waals surface area contributed by atoms with Crippen LogP contribution in [0.15, 0.2) is 30.5 Å². The summed E-state index contributed by atoms with van der Waals surface area (Å²) in [5, 5.41) is 1.06. The van der Waals surface area contributed by atoms with Crippen molar-refractivity contribution < 1.29 is 4.74 Å².